The maximum Gasteiger partial charge on any atom is 0.254 e. The van der Waals surface area contributed by atoms with Crippen LogP contribution in [0.15, 0.2) is 78.9 Å². The van der Waals surface area contributed by atoms with Crippen molar-refractivity contribution in [2.24, 2.45) is 0 Å². The van der Waals surface area contributed by atoms with Crippen LogP contribution >= 0.6 is 11.6 Å². The van der Waals surface area contributed by atoms with Crippen LogP contribution in [0.3, 0.4) is 0 Å². The molecule has 0 fully saturated rings. The third-order valence-electron chi connectivity index (χ3n) is 5.44. The number of halogens is 1. The Morgan fingerprint density at radius 1 is 0.857 bits per heavy atom. The van der Waals surface area contributed by atoms with Crippen LogP contribution in [0, 0.1) is 0 Å². The van der Waals surface area contributed by atoms with Crippen LogP contribution in [0.4, 0.5) is 0 Å². The second kappa shape index (κ2) is 11.6. The number of sulfonamides is 1. The van der Waals surface area contributed by atoms with E-state index in [0.29, 0.717) is 16.1 Å². The van der Waals surface area contributed by atoms with E-state index in [-0.39, 0.29) is 41.2 Å². The molecule has 1 amide bonds. The predicted octanol–water partition coefficient (Wildman–Crippen LogP) is 4.93. The normalized spacial score (nSPS) is 12.4. The minimum atomic E-state index is -3.61. The summed E-state index contributed by atoms with van der Waals surface area (Å²) in [7, 11) is -3.61. The van der Waals surface area contributed by atoms with E-state index in [1.807, 2.05) is 19.9 Å². The summed E-state index contributed by atoms with van der Waals surface area (Å²) >= 11 is 5.94. The van der Waals surface area contributed by atoms with E-state index >= 15 is 0 Å². The second-order valence-corrected chi connectivity index (χ2v) is 10.9. The average molecular weight is 513 g/mol. The fourth-order valence-corrected chi connectivity index (χ4v) is 5.31. The summed E-state index contributed by atoms with van der Waals surface area (Å²) in [4.78, 5) is 28.3. The van der Waals surface area contributed by atoms with E-state index in [9.17, 15) is 18.0 Å². The molecule has 0 saturated heterocycles. The van der Waals surface area contributed by atoms with E-state index in [4.69, 9.17) is 11.6 Å². The van der Waals surface area contributed by atoms with E-state index in [2.05, 4.69) is 4.72 Å². The van der Waals surface area contributed by atoms with Gasteiger partial charge >= 0.3 is 0 Å². The highest BCUT2D eigenvalue weighted by Crippen LogP contribution is 2.20. The first-order valence-corrected chi connectivity index (χ1v) is 13.3. The minimum Gasteiger partial charge on any atom is -0.335 e. The molecule has 0 saturated carbocycles. The zero-order chi connectivity index (χ0) is 25.6. The number of carbonyl (C=O) groups is 2. The number of rotatable bonds is 10. The van der Waals surface area contributed by atoms with Crippen LogP contribution in [0.25, 0.3) is 0 Å². The molecule has 0 heterocycles. The van der Waals surface area contributed by atoms with Crippen LogP contribution in [0.5, 0.6) is 0 Å². The first-order chi connectivity index (χ1) is 16.6. The van der Waals surface area contributed by atoms with Crippen molar-refractivity contribution in [2.75, 3.05) is 6.54 Å². The van der Waals surface area contributed by atoms with Crippen molar-refractivity contribution >= 4 is 33.3 Å². The molecule has 1 N–H and O–H groups in total. The molecular formula is C27H29ClN2O4S. The van der Waals surface area contributed by atoms with E-state index < -0.39 is 16.1 Å². The fraction of sp³-hybridized carbons (Fsp3) is 0.259. The Kier molecular flexibility index (Phi) is 8.83. The van der Waals surface area contributed by atoms with Gasteiger partial charge in [0, 0.05) is 34.8 Å². The van der Waals surface area contributed by atoms with Crippen LogP contribution in [-0.2, 0) is 15.8 Å². The van der Waals surface area contributed by atoms with Gasteiger partial charge in [-0.25, -0.2) is 13.1 Å². The molecule has 35 heavy (non-hydrogen) atoms. The molecule has 0 aliphatic rings. The molecule has 3 rings (SSSR count). The van der Waals surface area contributed by atoms with Gasteiger partial charge in [0.05, 0.1) is 11.3 Å². The highest BCUT2D eigenvalue weighted by atomic mass is 35.5. The smallest absolute Gasteiger partial charge is 0.254 e. The van der Waals surface area contributed by atoms with Crippen molar-refractivity contribution in [1.29, 1.82) is 0 Å². The second-order valence-electron chi connectivity index (χ2n) is 8.70. The van der Waals surface area contributed by atoms with Gasteiger partial charge in [-0.05, 0) is 56.7 Å². The molecule has 3 aromatic carbocycles. The van der Waals surface area contributed by atoms with Crippen LogP contribution in [-0.4, -0.2) is 43.6 Å². The molecule has 0 bridgehead atoms. The predicted molar refractivity (Wildman–Crippen MR) is 139 cm³/mol. The Labute approximate surface area is 212 Å². The molecular weight excluding hydrogens is 484 g/mol. The van der Waals surface area contributed by atoms with Gasteiger partial charge in [-0.1, -0.05) is 60.1 Å². The summed E-state index contributed by atoms with van der Waals surface area (Å²) in [6.07, 6.45) is 0. The number of amides is 1. The van der Waals surface area contributed by atoms with Crippen molar-refractivity contribution in [2.45, 2.75) is 38.6 Å². The van der Waals surface area contributed by atoms with Gasteiger partial charge in [0.15, 0.2) is 5.78 Å². The lowest BCUT2D eigenvalue weighted by Gasteiger charge is -2.30. The number of ketones is 1. The first kappa shape index (κ1) is 26.6. The lowest BCUT2D eigenvalue weighted by Crippen LogP contribution is -2.47. The summed E-state index contributed by atoms with van der Waals surface area (Å²) in [6.45, 7) is 5.57. The van der Waals surface area contributed by atoms with Gasteiger partial charge in [0.2, 0.25) is 10.0 Å². The van der Waals surface area contributed by atoms with Crippen LogP contribution in [0.1, 0.15) is 52.6 Å². The number of hydrogen-bond acceptors (Lipinski definition) is 4. The standard InChI is InChI=1S/C27H29ClN2O4S/c1-19(2)30(17-20(3)29-35(33,34)18-21-9-5-4-6-10-21)27(32)25-12-8-7-11-24(25)26(31)22-13-15-23(28)16-14-22/h4-16,19-20,29H,17-18H2,1-3H3. The van der Waals surface area contributed by atoms with Crippen LogP contribution < -0.4 is 4.72 Å². The third-order valence-corrected chi connectivity index (χ3v) is 7.17. The van der Waals surface area contributed by atoms with Gasteiger partial charge < -0.3 is 4.90 Å². The zero-order valence-corrected chi connectivity index (χ0v) is 21.5. The molecule has 0 aromatic heterocycles. The Bertz CT molecular complexity index is 1280. The van der Waals surface area contributed by atoms with Crippen LogP contribution in [0.2, 0.25) is 5.02 Å². The molecule has 0 radical (unpaired) electrons. The Balaban J connectivity index is 1.79. The maximum absolute atomic E-state index is 13.6. The van der Waals surface area contributed by atoms with E-state index in [0.717, 1.165) is 0 Å². The SMILES string of the molecule is CC(CN(C(=O)c1ccccc1C(=O)c1ccc(Cl)cc1)C(C)C)NS(=O)(=O)Cc1ccccc1. The fourth-order valence-electron chi connectivity index (χ4n) is 3.78. The molecule has 3 aromatic rings. The Hall–Kier alpha value is -3.00. The van der Waals surface area contributed by atoms with Gasteiger partial charge in [-0.15, -0.1) is 0 Å². The topological polar surface area (TPSA) is 83.6 Å². The zero-order valence-electron chi connectivity index (χ0n) is 19.9. The number of nitrogens with zero attached hydrogens (tertiary/aromatic N) is 1. The van der Waals surface area contributed by atoms with Gasteiger partial charge in [-0.3, -0.25) is 9.59 Å². The van der Waals surface area contributed by atoms with Crippen molar-refractivity contribution in [3.63, 3.8) is 0 Å². The summed E-state index contributed by atoms with van der Waals surface area (Å²) in [5.41, 5.74) is 1.65. The summed E-state index contributed by atoms with van der Waals surface area (Å²) < 4.78 is 28.0. The average Bonchev–Trinajstić information content (AvgIpc) is 2.82. The summed E-state index contributed by atoms with van der Waals surface area (Å²) in [5.74, 6) is -0.773. The molecule has 6 nitrogen and oxygen atoms in total. The summed E-state index contributed by atoms with van der Waals surface area (Å²) in [6, 6.07) is 21.3. The molecule has 184 valence electrons. The number of benzene rings is 3. The number of hydrogen-bond donors (Lipinski definition) is 1. The lowest BCUT2D eigenvalue weighted by molar-refractivity contribution is 0.0689. The molecule has 1 atom stereocenters. The van der Waals surface area contributed by atoms with Crippen molar-refractivity contribution in [3.05, 3.63) is 106 Å². The Morgan fingerprint density at radius 3 is 2.03 bits per heavy atom. The van der Waals surface area contributed by atoms with Gasteiger partial charge in [0.1, 0.15) is 0 Å². The van der Waals surface area contributed by atoms with Crippen molar-refractivity contribution in [3.8, 4) is 0 Å². The quantitative estimate of drug-likeness (QED) is 0.390. The minimum absolute atomic E-state index is 0.147. The van der Waals surface area contributed by atoms with Crippen molar-refractivity contribution in [1.82, 2.24) is 9.62 Å². The lowest BCUT2D eigenvalue weighted by atomic mass is 9.97. The molecule has 0 aliphatic carbocycles. The van der Waals surface area contributed by atoms with Gasteiger partial charge in [0.25, 0.3) is 5.91 Å². The van der Waals surface area contributed by atoms with E-state index in [1.54, 1.807) is 84.6 Å². The third kappa shape index (κ3) is 7.24. The molecule has 1 unspecified atom stereocenters. The molecule has 0 spiro atoms. The maximum atomic E-state index is 13.6. The largest absolute Gasteiger partial charge is 0.335 e. The molecule has 8 heteroatoms. The van der Waals surface area contributed by atoms with Gasteiger partial charge in [-0.2, -0.15) is 0 Å². The monoisotopic (exact) mass is 512 g/mol. The first-order valence-electron chi connectivity index (χ1n) is 11.3. The molecule has 0 aliphatic heterocycles. The van der Waals surface area contributed by atoms with Crippen molar-refractivity contribution < 1.29 is 18.0 Å². The summed E-state index contributed by atoms with van der Waals surface area (Å²) in [5, 5.41) is 0.514. The number of nitrogens with one attached hydrogen (secondary N) is 1. The number of carbonyl (C=O) groups excluding carboxylic acids is 2. The van der Waals surface area contributed by atoms with E-state index in [1.165, 1.54) is 0 Å². The highest BCUT2D eigenvalue weighted by Gasteiger charge is 2.27. The highest BCUT2D eigenvalue weighted by molar-refractivity contribution is 7.88. The Morgan fingerprint density at radius 2 is 1.43 bits per heavy atom.